The maximum Gasteiger partial charge on any atom is 0.272 e. The molecule has 3 aromatic heterocycles. The summed E-state index contributed by atoms with van der Waals surface area (Å²) in [6.45, 7) is 1.15. The predicted molar refractivity (Wildman–Crippen MR) is 108 cm³/mol. The van der Waals surface area contributed by atoms with Crippen molar-refractivity contribution in [1.29, 1.82) is 5.26 Å². The average molecular weight is 407 g/mol. The number of piperidine rings is 1. The van der Waals surface area contributed by atoms with E-state index in [0.717, 1.165) is 23.9 Å². The third-order valence-corrected chi connectivity index (χ3v) is 5.13. The van der Waals surface area contributed by atoms with Gasteiger partial charge in [0.1, 0.15) is 18.3 Å². The molecule has 1 aliphatic rings. The quantitative estimate of drug-likeness (QED) is 0.587. The van der Waals surface area contributed by atoms with Crippen LogP contribution >= 0.6 is 0 Å². The Bertz CT molecular complexity index is 1130. The van der Waals surface area contributed by atoms with Crippen LogP contribution in [0.3, 0.4) is 0 Å². The zero-order valence-electron chi connectivity index (χ0n) is 16.4. The summed E-state index contributed by atoms with van der Waals surface area (Å²) in [7, 11) is 1.53. The molecule has 1 atom stereocenters. The number of oxazole rings is 1. The van der Waals surface area contributed by atoms with Crippen molar-refractivity contribution >= 4 is 28.5 Å². The number of nitrogens with zero attached hydrogens (tertiary/aromatic N) is 4. The number of nitriles is 1. The summed E-state index contributed by atoms with van der Waals surface area (Å²) in [5.74, 6) is -0.220. The van der Waals surface area contributed by atoms with Crippen LogP contribution in [0.1, 0.15) is 29.8 Å². The van der Waals surface area contributed by atoms with Crippen LogP contribution in [0, 0.1) is 11.3 Å². The van der Waals surface area contributed by atoms with Crippen LogP contribution in [0.25, 0.3) is 22.5 Å². The summed E-state index contributed by atoms with van der Waals surface area (Å²) in [4.78, 5) is 37.5. The number of rotatable bonds is 5. The lowest BCUT2D eigenvalue weighted by atomic mass is 10.0. The van der Waals surface area contributed by atoms with Crippen molar-refractivity contribution in [2.45, 2.75) is 25.3 Å². The molecule has 10 nitrogen and oxygen atoms in total. The normalized spacial score (nSPS) is 16.3. The number of carbonyl (C=O) groups excluding carboxylic acids is 2. The molecule has 1 aliphatic heterocycles. The molecule has 0 radical (unpaired) electrons. The molecule has 3 aromatic rings. The summed E-state index contributed by atoms with van der Waals surface area (Å²) in [5.41, 5.74) is 2.27. The second-order valence-corrected chi connectivity index (χ2v) is 7.06. The first-order valence-electron chi connectivity index (χ1n) is 9.66. The second kappa shape index (κ2) is 8.24. The van der Waals surface area contributed by atoms with E-state index in [-0.39, 0.29) is 35.9 Å². The Morgan fingerprint density at radius 1 is 1.47 bits per heavy atom. The first kappa shape index (κ1) is 19.4. The first-order chi connectivity index (χ1) is 14.6. The molecular weight excluding hydrogens is 386 g/mol. The number of aromatic nitrogens is 3. The number of fused-ring (bicyclic) bond motifs is 1. The molecule has 3 N–H and O–H groups in total. The Hall–Kier alpha value is -3.87. The third kappa shape index (κ3) is 3.69. The Balaban J connectivity index is 1.66. The van der Waals surface area contributed by atoms with Crippen molar-refractivity contribution in [1.82, 2.24) is 25.2 Å². The molecule has 0 unspecified atom stereocenters. The smallest absolute Gasteiger partial charge is 0.272 e. The van der Waals surface area contributed by atoms with Gasteiger partial charge in [-0.2, -0.15) is 5.26 Å². The summed E-state index contributed by atoms with van der Waals surface area (Å²) < 4.78 is 5.56. The minimum atomic E-state index is -0.339. The number of hydrogen-bond donors (Lipinski definition) is 3. The number of hydrogen-bond acceptors (Lipinski definition) is 7. The van der Waals surface area contributed by atoms with E-state index in [1.165, 1.54) is 13.3 Å². The highest BCUT2D eigenvalue weighted by atomic mass is 16.3. The average Bonchev–Trinajstić information content (AvgIpc) is 3.44. The summed E-state index contributed by atoms with van der Waals surface area (Å²) in [5, 5.41) is 15.7. The lowest BCUT2D eigenvalue weighted by Gasteiger charge is -2.33. The zero-order valence-corrected chi connectivity index (χ0v) is 16.4. The van der Waals surface area contributed by atoms with E-state index in [9.17, 15) is 9.59 Å². The number of aromatic amines is 1. The highest BCUT2D eigenvalue weighted by molar-refractivity contribution is 5.98. The number of nitrogens with one attached hydrogen (secondary N) is 3. The molecule has 30 heavy (non-hydrogen) atoms. The fourth-order valence-corrected chi connectivity index (χ4v) is 3.66. The number of pyridine rings is 1. The van der Waals surface area contributed by atoms with Gasteiger partial charge in [0.2, 0.25) is 11.8 Å². The second-order valence-electron chi connectivity index (χ2n) is 7.06. The van der Waals surface area contributed by atoms with Crippen molar-refractivity contribution < 1.29 is 14.0 Å². The molecule has 154 valence electrons. The minimum Gasteiger partial charge on any atom is -0.443 e. The van der Waals surface area contributed by atoms with Crippen LogP contribution in [0.5, 0.6) is 0 Å². The van der Waals surface area contributed by atoms with Gasteiger partial charge in [0.25, 0.3) is 5.91 Å². The Morgan fingerprint density at radius 2 is 2.33 bits per heavy atom. The number of anilines is 1. The number of amides is 2. The van der Waals surface area contributed by atoms with Crippen LogP contribution < -0.4 is 10.6 Å². The Kier molecular flexibility index (Phi) is 5.34. The van der Waals surface area contributed by atoms with E-state index in [0.29, 0.717) is 24.3 Å². The fourth-order valence-electron chi connectivity index (χ4n) is 3.66. The van der Waals surface area contributed by atoms with Gasteiger partial charge in [0.15, 0.2) is 5.69 Å². The molecule has 4 rings (SSSR count). The van der Waals surface area contributed by atoms with Gasteiger partial charge in [-0.1, -0.05) is 0 Å². The first-order valence-corrected chi connectivity index (χ1v) is 9.66. The minimum absolute atomic E-state index is 0.00554. The molecule has 4 heterocycles. The molecule has 1 fully saturated rings. The van der Waals surface area contributed by atoms with Crippen molar-refractivity contribution in [3.8, 4) is 17.5 Å². The van der Waals surface area contributed by atoms with Gasteiger partial charge >= 0.3 is 0 Å². The van der Waals surface area contributed by atoms with Gasteiger partial charge < -0.3 is 24.9 Å². The van der Waals surface area contributed by atoms with Crippen molar-refractivity contribution in [3.05, 3.63) is 30.4 Å². The highest BCUT2D eigenvalue weighted by Gasteiger charge is 2.26. The van der Waals surface area contributed by atoms with Crippen molar-refractivity contribution in [2.24, 2.45) is 0 Å². The van der Waals surface area contributed by atoms with Gasteiger partial charge in [0.05, 0.1) is 17.3 Å². The summed E-state index contributed by atoms with van der Waals surface area (Å²) >= 11 is 0. The lowest BCUT2D eigenvalue weighted by Crippen LogP contribution is -2.45. The molecule has 0 bridgehead atoms. The molecule has 1 saturated heterocycles. The number of H-pyrrole nitrogens is 1. The SMILES string of the molecule is CNC(=O)c1coc(-c2cnc3[nH]ccc3c2N[C@@H]2CCCN(C(=O)CC#N)C2)n1. The summed E-state index contributed by atoms with van der Waals surface area (Å²) in [6, 6.07) is 3.81. The van der Waals surface area contributed by atoms with Gasteiger partial charge in [0, 0.05) is 44.0 Å². The lowest BCUT2D eigenvalue weighted by molar-refractivity contribution is -0.131. The van der Waals surface area contributed by atoms with Crippen molar-refractivity contribution in [3.63, 3.8) is 0 Å². The van der Waals surface area contributed by atoms with Gasteiger partial charge in [-0.05, 0) is 18.9 Å². The molecule has 0 spiro atoms. The van der Waals surface area contributed by atoms with Gasteiger partial charge in [-0.15, -0.1) is 0 Å². The molecule has 2 amide bonds. The van der Waals surface area contributed by atoms with Gasteiger partial charge in [-0.3, -0.25) is 9.59 Å². The maximum atomic E-state index is 12.1. The Labute approximate surface area is 172 Å². The predicted octanol–water partition coefficient (Wildman–Crippen LogP) is 1.89. The van der Waals surface area contributed by atoms with E-state index in [4.69, 9.17) is 9.68 Å². The molecule has 0 saturated carbocycles. The van der Waals surface area contributed by atoms with Crippen LogP contribution in [-0.4, -0.2) is 57.8 Å². The summed E-state index contributed by atoms with van der Waals surface area (Å²) in [6.07, 6.45) is 6.34. The molecule has 0 aromatic carbocycles. The standard InChI is InChI=1S/C20H21N7O3/c1-22-19(29)15-11-30-20(26-15)14-9-24-18-13(5-7-23-18)17(14)25-12-3-2-8-27(10-12)16(28)4-6-21/h5,7,9,11-12H,2-4,8,10H2,1H3,(H,22,29)(H2,23,24,25)/t12-/m1/s1. The zero-order chi connectivity index (χ0) is 21.1. The number of carbonyl (C=O) groups is 2. The Morgan fingerprint density at radius 3 is 3.13 bits per heavy atom. The maximum absolute atomic E-state index is 12.1. The topological polar surface area (TPSA) is 140 Å². The largest absolute Gasteiger partial charge is 0.443 e. The van der Waals surface area contributed by atoms with E-state index < -0.39 is 0 Å². The van der Waals surface area contributed by atoms with E-state index >= 15 is 0 Å². The van der Waals surface area contributed by atoms with Crippen LogP contribution in [0.4, 0.5) is 5.69 Å². The van der Waals surface area contributed by atoms with Crippen molar-refractivity contribution in [2.75, 3.05) is 25.5 Å². The third-order valence-electron chi connectivity index (χ3n) is 5.13. The van der Waals surface area contributed by atoms with Crippen LogP contribution in [-0.2, 0) is 4.79 Å². The molecule has 10 heteroatoms. The highest BCUT2D eigenvalue weighted by Crippen LogP contribution is 2.34. The van der Waals surface area contributed by atoms with Crippen LogP contribution in [0.2, 0.25) is 0 Å². The molecule has 0 aliphatic carbocycles. The van der Waals surface area contributed by atoms with E-state index in [1.807, 2.05) is 12.1 Å². The van der Waals surface area contributed by atoms with Gasteiger partial charge in [-0.25, -0.2) is 9.97 Å². The monoisotopic (exact) mass is 407 g/mol. The molecular formula is C20H21N7O3. The van der Waals surface area contributed by atoms with E-state index in [1.54, 1.807) is 17.3 Å². The van der Waals surface area contributed by atoms with Crippen LogP contribution in [0.15, 0.2) is 29.1 Å². The van der Waals surface area contributed by atoms with E-state index in [2.05, 4.69) is 25.6 Å². The fraction of sp³-hybridized carbons (Fsp3) is 0.350. The number of likely N-dealkylation sites (tertiary alicyclic amines) is 1.